The summed E-state index contributed by atoms with van der Waals surface area (Å²) in [4.78, 5) is 14.7. The van der Waals surface area contributed by atoms with E-state index in [0.29, 0.717) is 36.4 Å². The van der Waals surface area contributed by atoms with Gasteiger partial charge in [-0.25, -0.2) is 4.39 Å². The molecule has 2 aliphatic heterocycles. The largest absolute Gasteiger partial charge is 0.494 e. The summed E-state index contributed by atoms with van der Waals surface area (Å²) < 4.78 is 16.3. The number of nitrogens with zero attached hydrogens (tertiary/aromatic N) is 4. The van der Waals surface area contributed by atoms with Crippen molar-refractivity contribution in [1.82, 2.24) is 9.47 Å². The minimum Gasteiger partial charge on any atom is -0.494 e. The van der Waals surface area contributed by atoms with Gasteiger partial charge in [-0.15, -0.1) is 0 Å². The Bertz CT molecular complexity index is 1400. The number of halogens is 1. The number of hydrogen-bond acceptors (Lipinski definition) is 6. The maximum atomic E-state index is 14.8. The van der Waals surface area contributed by atoms with Gasteiger partial charge in [0.25, 0.3) is 5.91 Å². The first-order chi connectivity index (χ1) is 17.7. The number of aromatic nitrogens is 1. The summed E-state index contributed by atoms with van der Waals surface area (Å²) in [7, 11) is 0. The summed E-state index contributed by atoms with van der Waals surface area (Å²) in [6.45, 7) is 2.41. The first-order valence-electron chi connectivity index (χ1n) is 12.7. The third-order valence-corrected chi connectivity index (χ3v) is 7.73. The van der Waals surface area contributed by atoms with Crippen LogP contribution in [0.1, 0.15) is 70.4 Å². The predicted molar refractivity (Wildman–Crippen MR) is 132 cm³/mol. The second-order valence-electron chi connectivity index (χ2n) is 10.5. The van der Waals surface area contributed by atoms with Crippen LogP contribution in [0.25, 0.3) is 0 Å². The van der Waals surface area contributed by atoms with Gasteiger partial charge in [-0.3, -0.25) is 9.36 Å². The van der Waals surface area contributed by atoms with Crippen LogP contribution in [0.4, 0.5) is 4.39 Å². The molecule has 2 unspecified atom stereocenters. The van der Waals surface area contributed by atoms with Crippen molar-refractivity contribution in [3.63, 3.8) is 0 Å². The van der Waals surface area contributed by atoms with Crippen LogP contribution in [0.15, 0.2) is 52.7 Å². The number of aryl methyl sites for hydroxylation is 1. The van der Waals surface area contributed by atoms with Crippen molar-refractivity contribution in [1.29, 1.82) is 0 Å². The molecule has 1 fully saturated rings. The summed E-state index contributed by atoms with van der Waals surface area (Å²) in [5.74, 6) is -0.650. The Balaban J connectivity index is 1.17. The minimum absolute atomic E-state index is 0.00942. The number of carbonyl (C=O) groups is 1. The fourth-order valence-electron chi connectivity index (χ4n) is 5.44. The van der Waals surface area contributed by atoms with E-state index in [-0.39, 0.29) is 36.5 Å². The molecular formula is C28H29FN4O4. The van der Waals surface area contributed by atoms with Crippen LogP contribution in [0, 0.1) is 11.7 Å². The number of aromatic hydroxyl groups is 2. The summed E-state index contributed by atoms with van der Waals surface area (Å²) in [5.41, 5.74) is 2.06. The summed E-state index contributed by atoms with van der Waals surface area (Å²) in [6, 6.07) is 11.8. The molecule has 8 nitrogen and oxygen atoms in total. The number of hydrogen-bond donors (Lipinski definition) is 3. The second kappa shape index (κ2) is 8.69. The molecule has 3 N–H and O–H groups in total. The zero-order chi connectivity index (χ0) is 25.9. The molecule has 1 aromatic heterocycles. The van der Waals surface area contributed by atoms with Gasteiger partial charge in [-0.2, -0.15) is 10.2 Å². The number of fused-ring (bicyclic) bond motifs is 2. The van der Waals surface area contributed by atoms with Gasteiger partial charge in [-0.1, -0.05) is 30.3 Å². The van der Waals surface area contributed by atoms with Gasteiger partial charge in [0.2, 0.25) is 0 Å². The summed E-state index contributed by atoms with van der Waals surface area (Å²) >= 11 is 0. The fraction of sp³-hybridized carbons (Fsp3) is 0.393. The van der Waals surface area contributed by atoms with Crippen molar-refractivity contribution in [3.05, 3.63) is 81.7 Å². The van der Waals surface area contributed by atoms with E-state index >= 15 is 0 Å². The van der Waals surface area contributed by atoms with E-state index < -0.39 is 17.4 Å². The highest BCUT2D eigenvalue weighted by molar-refractivity contribution is 5.95. The highest BCUT2D eigenvalue weighted by Crippen LogP contribution is 2.43. The molecule has 3 aromatic rings. The minimum atomic E-state index is -1.36. The zero-order valence-corrected chi connectivity index (χ0v) is 20.6. The molecule has 3 heterocycles. The molecule has 1 amide bonds. The lowest BCUT2D eigenvalue weighted by atomic mass is 9.90. The van der Waals surface area contributed by atoms with Crippen LogP contribution < -0.4 is 0 Å². The van der Waals surface area contributed by atoms with E-state index in [2.05, 4.69) is 10.2 Å². The van der Waals surface area contributed by atoms with Crippen molar-refractivity contribution < 1.29 is 24.5 Å². The Kier molecular flexibility index (Phi) is 5.56. The Labute approximate surface area is 213 Å². The number of azo groups is 1. The Morgan fingerprint density at radius 1 is 1.11 bits per heavy atom. The molecule has 0 saturated heterocycles. The van der Waals surface area contributed by atoms with E-state index in [0.717, 1.165) is 29.5 Å². The third-order valence-electron chi connectivity index (χ3n) is 7.73. The van der Waals surface area contributed by atoms with Crippen molar-refractivity contribution in [2.45, 2.75) is 64.0 Å². The molecule has 6 rings (SSSR count). The van der Waals surface area contributed by atoms with E-state index in [1.54, 1.807) is 19.1 Å². The van der Waals surface area contributed by atoms with E-state index in [4.69, 9.17) is 0 Å². The van der Waals surface area contributed by atoms with Gasteiger partial charge in [0.1, 0.15) is 5.82 Å². The van der Waals surface area contributed by atoms with Gasteiger partial charge < -0.3 is 20.2 Å². The average molecular weight is 505 g/mol. The highest BCUT2D eigenvalue weighted by atomic mass is 19.1. The number of aliphatic hydroxyl groups is 1. The SMILES string of the molecule is CC1(O)N=NC(CCc2ccc(F)c(C(=O)N3Cc4c(c(O)n(CC5CC5)c4O)C3)c2)c2ccccc21. The normalized spacial score (nSPS) is 22.2. The van der Waals surface area contributed by atoms with E-state index in [1.807, 2.05) is 24.3 Å². The molecule has 192 valence electrons. The number of benzene rings is 2. The molecule has 0 spiro atoms. The summed E-state index contributed by atoms with van der Waals surface area (Å²) in [6.07, 6.45) is 3.28. The summed E-state index contributed by atoms with van der Waals surface area (Å²) in [5, 5.41) is 40.2. The van der Waals surface area contributed by atoms with Crippen LogP contribution in [0.3, 0.4) is 0 Å². The van der Waals surface area contributed by atoms with Crippen molar-refractivity contribution in [3.8, 4) is 11.8 Å². The monoisotopic (exact) mass is 504 g/mol. The van der Waals surface area contributed by atoms with Crippen LogP contribution in [-0.2, 0) is 31.8 Å². The molecule has 0 radical (unpaired) electrons. The smallest absolute Gasteiger partial charge is 0.257 e. The van der Waals surface area contributed by atoms with Gasteiger partial charge in [0, 0.05) is 23.2 Å². The van der Waals surface area contributed by atoms with Gasteiger partial charge in [0.05, 0.1) is 24.7 Å². The number of carbonyl (C=O) groups excluding carboxylic acids is 1. The van der Waals surface area contributed by atoms with E-state index in [9.17, 15) is 24.5 Å². The molecule has 2 aromatic carbocycles. The molecule has 37 heavy (non-hydrogen) atoms. The van der Waals surface area contributed by atoms with Crippen molar-refractivity contribution in [2.24, 2.45) is 16.1 Å². The Hall–Kier alpha value is -3.72. The molecule has 3 aliphatic rings. The Morgan fingerprint density at radius 2 is 1.81 bits per heavy atom. The molecule has 1 saturated carbocycles. The maximum Gasteiger partial charge on any atom is 0.257 e. The Morgan fingerprint density at radius 3 is 2.51 bits per heavy atom. The average Bonchev–Trinajstić information content (AvgIpc) is 3.56. The standard InChI is InChI=1S/C28H29FN4O4/c1-28(37)22-5-3-2-4-18(22)24(30-31-28)11-9-16-8-10-23(29)19(12-16)25(34)32-14-20-21(15-32)27(36)33(26(20)35)13-17-6-7-17/h2-5,8,10,12,17,24,35-37H,6-7,9,11,13-15H2,1H3. The lowest BCUT2D eigenvalue weighted by Crippen LogP contribution is -2.27. The fourth-order valence-corrected chi connectivity index (χ4v) is 5.44. The molecular weight excluding hydrogens is 475 g/mol. The zero-order valence-electron chi connectivity index (χ0n) is 20.6. The lowest BCUT2D eigenvalue weighted by Gasteiger charge is -2.28. The predicted octanol–water partition coefficient (Wildman–Crippen LogP) is 4.91. The van der Waals surface area contributed by atoms with E-state index in [1.165, 1.54) is 15.5 Å². The second-order valence-corrected chi connectivity index (χ2v) is 10.5. The lowest BCUT2D eigenvalue weighted by molar-refractivity contribution is 0.0499. The molecule has 1 aliphatic carbocycles. The van der Waals surface area contributed by atoms with Crippen molar-refractivity contribution >= 4 is 5.91 Å². The molecule has 0 bridgehead atoms. The highest BCUT2D eigenvalue weighted by Gasteiger charge is 2.36. The van der Waals surface area contributed by atoms with Crippen LogP contribution in [0.5, 0.6) is 11.8 Å². The number of amides is 1. The molecule has 2 atom stereocenters. The topological polar surface area (TPSA) is 111 Å². The third kappa shape index (κ3) is 4.17. The first kappa shape index (κ1) is 23.7. The maximum absolute atomic E-state index is 14.8. The van der Waals surface area contributed by atoms with Crippen LogP contribution >= 0.6 is 0 Å². The van der Waals surface area contributed by atoms with Gasteiger partial charge in [-0.05, 0) is 61.8 Å². The van der Waals surface area contributed by atoms with Crippen LogP contribution in [-0.4, -0.2) is 30.7 Å². The van der Waals surface area contributed by atoms with Gasteiger partial charge >= 0.3 is 0 Å². The van der Waals surface area contributed by atoms with Crippen molar-refractivity contribution in [2.75, 3.05) is 0 Å². The van der Waals surface area contributed by atoms with Gasteiger partial charge in [0.15, 0.2) is 17.5 Å². The first-order valence-corrected chi connectivity index (χ1v) is 12.7. The quantitative estimate of drug-likeness (QED) is 0.443. The molecule has 9 heteroatoms. The van der Waals surface area contributed by atoms with Crippen LogP contribution in [0.2, 0.25) is 0 Å². The number of rotatable bonds is 6.